The van der Waals surface area contributed by atoms with E-state index in [4.69, 9.17) is 4.74 Å². The van der Waals surface area contributed by atoms with E-state index < -0.39 is 0 Å². The summed E-state index contributed by atoms with van der Waals surface area (Å²) in [6, 6.07) is 7.32. The van der Waals surface area contributed by atoms with Gasteiger partial charge in [-0.05, 0) is 38.5 Å². The Hall–Kier alpha value is -3.22. The molecule has 0 aliphatic carbocycles. The highest BCUT2D eigenvalue weighted by molar-refractivity contribution is 5.97. The van der Waals surface area contributed by atoms with Crippen LogP contribution in [0.5, 0.6) is 5.88 Å². The molecule has 0 spiro atoms. The van der Waals surface area contributed by atoms with Crippen molar-refractivity contribution in [1.29, 1.82) is 0 Å². The standard InChI is InChI=1S/C22H24N4O3/c1-4-25-13-18(20(27)17-7-6-15(3)24-21(17)25)22(28)26-10-9-16(12-26)29-19-8-5-14(2)11-23-19/h5-8,11,13,16H,4,9-10,12H2,1-3H3. The zero-order valence-electron chi connectivity index (χ0n) is 16.9. The van der Waals surface area contributed by atoms with E-state index in [1.165, 1.54) is 0 Å². The molecular formula is C22H24N4O3. The van der Waals surface area contributed by atoms with E-state index in [0.717, 1.165) is 11.3 Å². The number of hydrogen-bond donors (Lipinski definition) is 0. The van der Waals surface area contributed by atoms with Crippen molar-refractivity contribution >= 4 is 16.9 Å². The summed E-state index contributed by atoms with van der Waals surface area (Å²) in [6.07, 6.45) is 3.96. The smallest absolute Gasteiger partial charge is 0.259 e. The first-order valence-electron chi connectivity index (χ1n) is 9.85. The molecule has 1 aliphatic heterocycles. The van der Waals surface area contributed by atoms with Gasteiger partial charge in [-0.25, -0.2) is 9.97 Å². The van der Waals surface area contributed by atoms with Crippen molar-refractivity contribution in [3.63, 3.8) is 0 Å². The fourth-order valence-corrected chi connectivity index (χ4v) is 3.63. The second kappa shape index (κ2) is 7.66. The number of likely N-dealkylation sites (tertiary alicyclic amines) is 1. The van der Waals surface area contributed by atoms with Gasteiger partial charge in [-0.15, -0.1) is 0 Å². The maximum Gasteiger partial charge on any atom is 0.259 e. The van der Waals surface area contributed by atoms with Crippen LogP contribution < -0.4 is 10.2 Å². The summed E-state index contributed by atoms with van der Waals surface area (Å²) < 4.78 is 7.77. The number of rotatable bonds is 4. The van der Waals surface area contributed by atoms with Gasteiger partial charge < -0.3 is 14.2 Å². The number of aromatic nitrogens is 3. The number of carbonyl (C=O) groups is 1. The Morgan fingerprint density at radius 1 is 1.24 bits per heavy atom. The van der Waals surface area contributed by atoms with Crippen LogP contribution in [0.3, 0.4) is 0 Å². The van der Waals surface area contributed by atoms with Crippen LogP contribution in [0.1, 0.15) is 35.0 Å². The van der Waals surface area contributed by atoms with E-state index in [-0.39, 0.29) is 23.0 Å². The molecule has 0 bridgehead atoms. The van der Waals surface area contributed by atoms with Crippen LogP contribution in [0.2, 0.25) is 0 Å². The highest BCUT2D eigenvalue weighted by Crippen LogP contribution is 2.19. The molecule has 0 aromatic carbocycles. The molecule has 1 atom stereocenters. The average Bonchev–Trinajstić information content (AvgIpc) is 3.18. The molecule has 4 heterocycles. The van der Waals surface area contributed by atoms with Gasteiger partial charge in [-0.3, -0.25) is 9.59 Å². The van der Waals surface area contributed by atoms with Gasteiger partial charge in [0.05, 0.1) is 11.9 Å². The third kappa shape index (κ3) is 3.72. The Labute approximate surface area is 169 Å². The summed E-state index contributed by atoms with van der Waals surface area (Å²) in [4.78, 5) is 36.5. The molecule has 1 fully saturated rings. The number of aryl methyl sites for hydroxylation is 3. The minimum atomic E-state index is -0.272. The van der Waals surface area contributed by atoms with Gasteiger partial charge in [0.15, 0.2) is 0 Å². The Kier molecular flexibility index (Phi) is 5.05. The summed E-state index contributed by atoms with van der Waals surface area (Å²) in [7, 11) is 0. The maximum absolute atomic E-state index is 13.1. The van der Waals surface area contributed by atoms with Crippen molar-refractivity contribution in [2.45, 2.75) is 39.8 Å². The Balaban J connectivity index is 1.57. The van der Waals surface area contributed by atoms with Gasteiger partial charge in [0.25, 0.3) is 5.91 Å². The van der Waals surface area contributed by atoms with Crippen LogP contribution in [0, 0.1) is 13.8 Å². The predicted molar refractivity (Wildman–Crippen MR) is 110 cm³/mol. The number of hydrogen-bond acceptors (Lipinski definition) is 5. The molecule has 1 unspecified atom stereocenters. The number of nitrogens with zero attached hydrogens (tertiary/aromatic N) is 4. The molecule has 29 heavy (non-hydrogen) atoms. The largest absolute Gasteiger partial charge is 0.472 e. The lowest BCUT2D eigenvalue weighted by Crippen LogP contribution is -2.34. The number of pyridine rings is 3. The van der Waals surface area contributed by atoms with Crippen LogP contribution in [-0.4, -0.2) is 44.5 Å². The monoisotopic (exact) mass is 392 g/mol. The maximum atomic E-state index is 13.1. The van der Waals surface area contributed by atoms with E-state index in [1.807, 2.05) is 37.5 Å². The molecule has 7 heteroatoms. The molecule has 4 rings (SSSR count). The van der Waals surface area contributed by atoms with Crippen LogP contribution in [-0.2, 0) is 6.54 Å². The lowest BCUT2D eigenvalue weighted by molar-refractivity contribution is 0.0769. The van der Waals surface area contributed by atoms with Crippen molar-refractivity contribution in [3.05, 3.63) is 63.7 Å². The minimum Gasteiger partial charge on any atom is -0.472 e. The van der Waals surface area contributed by atoms with Gasteiger partial charge in [-0.1, -0.05) is 6.07 Å². The molecule has 0 radical (unpaired) electrons. The third-order valence-corrected chi connectivity index (χ3v) is 5.24. The van der Waals surface area contributed by atoms with E-state index in [1.54, 1.807) is 29.4 Å². The minimum absolute atomic E-state index is 0.132. The number of ether oxygens (including phenoxy) is 1. The lowest BCUT2D eigenvalue weighted by atomic mass is 10.1. The molecular weight excluding hydrogens is 368 g/mol. The second-order valence-corrected chi connectivity index (χ2v) is 7.44. The first-order valence-corrected chi connectivity index (χ1v) is 9.85. The normalized spacial score (nSPS) is 16.4. The number of fused-ring (bicyclic) bond motifs is 1. The molecule has 7 nitrogen and oxygen atoms in total. The first kappa shape index (κ1) is 19.1. The molecule has 150 valence electrons. The Morgan fingerprint density at radius 2 is 2.07 bits per heavy atom. The number of amides is 1. The third-order valence-electron chi connectivity index (χ3n) is 5.24. The molecule has 1 amide bonds. The van der Waals surface area contributed by atoms with Gasteiger partial charge in [0, 0.05) is 43.7 Å². The summed E-state index contributed by atoms with van der Waals surface area (Å²) in [5.41, 5.74) is 2.42. The topological polar surface area (TPSA) is 77.3 Å². The van der Waals surface area contributed by atoms with Crippen molar-refractivity contribution in [3.8, 4) is 5.88 Å². The lowest BCUT2D eigenvalue weighted by Gasteiger charge is -2.18. The molecule has 3 aromatic heterocycles. The van der Waals surface area contributed by atoms with Crippen LogP contribution in [0.4, 0.5) is 0 Å². The van der Waals surface area contributed by atoms with Crippen molar-refractivity contribution in [2.75, 3.05) is 13.1 Å². The molecule has 0 saturated carbocycles. The molecule has 1 aliphatic rings. The van der Waals surface area contributed by atoms with E-state index in [2.05, 4.69) is 9.97 Å². The zero-order chi connectivity index (χ0) is 20.5. The van der Waals surface area contributed by atoms with Gasteiger partial charge in [-0.2, -0.15) is 0 Å². The summed E-state index contributed by atoms with van der Waals surface area (Å²) in [5.74, 6) is 0.290. The highest BCUT2D eigenvalue weighted by Gasteiger charge is 2.30. The summed E-state index contributed by atoms with van der Waals surface area (Å²) in [5, 5.41) is 0.471. The quantitative estimate of drug-likeness (QED) is 0.682. The van der Waals surface area contributed by atoms with Crippen LogP contribution >= 0.6 is 0 Å². The SMILES string of the molecule is CCn1cc(C(=O)N2CCC(Oc3ccc(C)cn3)C2)c(=O)c2ccc(C)nc21. The Bertz CT molecular complexity index is 1120. The van der Waals surface area contributed by atoms with Crippen LogP contribution in [0.15, 0.2) is 41.5 Å². The van der Waals surface area contributed by atoms with E-state index in [9.17, 15) is 9.59 Å². The van der Waals surface area contributed by atoms with Gasteiger partial charge >= 0.3 is 0 Å². The average molecular weight is 392 g/mol. The van der Waals surface area contributed by atoms with Gasteiger partial charge in [0.2, 0.25) is 11.3 Å². The fourth-order valence-electron chi connectivity index (χ4n) is 3.63. The highest BCUT2D eigenvalue weighted by atomic mass is 16.5. The fraction of sp³-hybridized carbons (Fsp3) is 0.364. The van der Waals surface area contributed by atoms with E-state index in [0.29, 0.717) is 43.0 Å². The number of carbonyl (C=O) groups excluding carboxylic acids is 1. The predicted octanol–water partition coefficient (Wildman–Crippen LogP) is 2.72. The first-order chi connectivity index (χ1) is 14.0. The van der Waals surface area contributed by atoms with E-state index >= 15 is 0 Å². The van der Waals surface area contributed by atoms with Crippen molar-refractivity contribution in [1.82, 2.24) is 19.4 Å². The molecule has 1 saturated heterocycles. The van der Waals surface area contributed by atoms with Crippen molar-refractivity contribution in [2.24, 2.45) is 0 Å². The molecule has 0 N–H and O–H groups in total. The zero-order valence-corrected chi connectivity index (χ0v) is 16.9. The van der Waals surface area contributed by atoms with Gasteiger partial charge in [0.1, 0.15) is 17.3 Å². The molecule has 3 aromatic rings. The van der Waals surface area contributed by atoms with Crippen molar-refractivity contribution < 1.29 is 9.53 Å². The summed E-state index contributed by atoms with van der Waals surface area (Å²) in [6.45, 7) is 7.43. The second-order valence-electron chi connectivity index (χ2n) is 7.44. The summed E-state index contributed by atoms with van der Waals surface area (Å²) >= 11 is 0. The van der Waals surface area contributed by atoms with Crippen LogP contribution in [0.25, 0.3) is 11.0 Å². The Morgan fingerprint density at radius 3 is 2.79 bits per heavy atom.